The number of hydrogen-bond acceptors (Lipinski definition) is 3. The molecule has 0 saturated carbocycles. The van der Waals surface area contributed by atoms with Crippen molar-refractivity contribution in [2.24, 2.45) is 5.41 Å². The summed E-state index contributed by atoms with van der Waals surface area (Å²) in [6.07, 6.45) is 0. The van der Waals surface area contributed by atoms with E-state index in [9.17, 15) is 13.6 Å². The molecule has 1 aromatic carbocycles. The quantitative estimate of drug-likeness (QED) is 0.841. The average Bonchev–Trinajstić information content (AvgIpc) is 2.34. The van der Waals surface area contributed by atoms with E-state index in [0.717, 1.165) is 6.54 Å². The maximum atomic E-state index is 12.0. The van der Waals surface area contributed by atoms with Gasteiger partial charge in [-0.2, -0.15) is 8.78 Å². The summed E-state index contributed by atoms with van der Waals surface area (Å²) in [5.41, 5.74) is 0.356. The highest BCUT2D eigenvalue weighted by Crippen LogP contribution is 2.16. The fourth-order valence-electron chi connectivity index (χ4n) is 2.12. The number of nitrogens with one attached hydrogen (secondary N) is 1. The number of carbonyl (C=O) groups is 1. The summed E-state index contributed by atoms with van der Waals surface area (Å²) >= 11 is 0. The van der Waals surface area contributed by atoms with Crippen molar-refractivity contribution in [3.05, 3.63) is 29.8 Å². The van der Waals surface area contributed by atoms with Crippen molar-refractivity contribution in [1.29, 1.82) is 0 Å². The zero-order chi connectivity index (χ0) is 16.0. The lowest BCUT2D eigenvalue weighted by Gasteiger charge is -2.28. The van der Waals surface area contributed by atoms with E-state index in [1.807, 2.05) is 14.1 Å². The van der Waals surface area contributed by atoms with Gasteiger partial charge in [0.15, 0.2) is 0 Å². The van der Waals surface area contributed by atoms with Gasteiger partial charge >= 0.3 is 6.61 Å². The molecular weight excluding hydrogens is 278 g/mol. The van der Waals surface area contributed by atoms with Crippen LogP contribution in [-0.2, 0) is 0 Å². The number of nitrogens with zero attached hydrogens (tertiary/aromatic N) is 1. The summed E-state index contributed by atoms with van der Waals surface area (Å²) in [5, 5.41) is 2.85. The SMILES string of the molecule is CN(C)CC(C)(C)CNC(=O)c1ccc(OC(F)F)cc1. The normalized spacial score (nSPS) is 11.8. The van der Waals surface area contributed by atoms with Gasteiger partial charge in [-0.05, 0) is 43.8 Å². The van der Waals surface area contributed by atoms with Gasteiger partial charge in [0.25, 0.3) is 5.91 Å². The molecule has 0 aliphatic carbocycles. The Morgan fingerprint density at radius 1 is 1.29 bits per heavy atom. The summed E-state index contributed by atoms with van der Waals surface area (Å²) in [6, 6.07) is 5.63. The molecule has 0 heterocycles. The van der Waals surface area contributed by atoms with Crippen molar-refractivity contribution < 1.29 is 18.3 Å². The molecule has 1 aromatic rings. The van der Waals surface area contributed by atoms with E-state index in [1.54, 1.807) is 0 Å². The summed E-state index contributed by atoms with van der Waals surface area (Å²) in [4.78, 5) is 14.1. The van der Waals surface area contributed by atoms with Crippen LogP contribution in [0.3, 0.4) is 0 Å². The van der Waals surface area contributed by atoms with Gasteiger partial charge in [0.05, 0.1) is 0 Å². The monoisotopic (exact) mass is 300 g/mol. The first-order valence-electron chi connectivity index (χ1n) is 6.67. The Balaban J connectivity index is 2.56. The third kappa shape index (κ3) is 6.53. The van der Waals surface area contributed by atoms with E-state index in [4.69, 9.17) is 0 Å². The van der Waals surface area contributed by atoms with Crippen LogP contribution in [0, 0.1) is 5.41 Å². The molecule has 1 N–H and O–H groups in total. The number of rotatable bonds is 7. The Morgan fingerprint density at radius 3 is 2.33 bits per heavy atom. The van der Waals surface area contributed by atoms with Crippen LogP contribution in [0.15, 0.2) is 24.3 Å². The van der Waals surface area contributed by atoms with Crippen LogP contribution >= 0.6 is 0 Å². The fraction of sp³-hybridized carbons (Fsp3) is 0.533. The van der Waals surface area contributed by atoms with Crippen LogP contribution in [0.5, 0.6) is 5.75 Å². The Kier molecular flexibility index (Phi) is 6.08. The van der Waals surface area contributed by atoms with E-state index in [1.165, 1.54) is 24.3 Å². The largest absolute Gasteiger partial charge is 0.435 e. The molecule has 0 radical (unpaired) electrons. The predicted octanol–water partition coefficient (Wildman–Crippen LogP) is 2.61. The van der Waals surface area contributed by atoms with Gasteiger partial charge in [-0.25, -0.2) is 0 Å². The van der Waals surface area contributed by atoms with Crippen molar-refractivity contribution in [3.8, 4) is 5.75 Å². The minimum atomic E-state index is -2.86. The van der Waals surface area contributed by atoms with Crippen LogP contribution < -0.4 is 10.1 Å². The lowest BCUT2D eigenvalue weighted by Crippen LogP contribution is -2.39. The molecule has 6 heteroatoms. The second-order valence-electron chi connectivity index (χ2n) is 5.99. The topological polar surface area (TPSA) is 41.6 Å². The Morgan fingerprint density at radius 2 is 1.86 bits per heavy atom. The molecular formula is C15H22F2N2O2. The first-order valence-corrected chi connectivity index (χ1v) is 6.67. The molecule has 0 saturated heterocycles. The van der Waals surface area contributed by atoms with Crippen molar-refractivity contribution in [2.45, 2.75) is 20.5 Å². The lowest BCUT2D eigenvalue weighted by molar-refractivity contribution is -0.0498. The predicted molar refractivity (Wildman–Crippen MR) is 77.7 cm³/mol. The van der Waals surface area contributed by atoms with Crippen molar-refractivity contribution in [2.75, 3.05) is 27.2 Å². The van der Waals surface area contributed by atoms with E-state index in [-0.39, 0.29) is 17.1 Å². The zero-order valence-corrected chi connectivity index (χ0v) is 12.8. The standard InChI is InChI=1S/C15H22F2N2O2/c1-15(2,10-19(3)4)9-18-13(20)11-5-7-12(8-6-11)21-14(16)17/h5-8,14H,9-10H2,1-4H3,(H,18,20). The van der Waals surface area contributed by atoms with Gasteiger partial charge < -0.3 is 15.0 Å². The van der Waals surface area contributed by atoms with Crippen molar-refractivity contribution in [3.63, 3.8) is 0 Å². The van der Waals surface area contributed by atoms with Gasteiger partial charge in [-0.3, -0.25) is 4.79 Å². The number of ether oxygens (including phenoxy) is 1. The molecule has 0 aromatic heterocycles. The molecule has 0 aliphatic rings. The lowest BCUT2D eigenvalue weighted by atomic mass is 9.93. The van der Waals surface area contributed by atoms with Gasteiger partial charge in [0.1, 0.15) is 5.75 Å². The van der Waals surface area contributed by atoms with E-state index >= 15 is 0 Å². The Hall–Kier alpha value is -1.69. The van der Waals surface area contributed by atoms with Gasteiger partial charge in [-0.15, -0.1) is 0 Å². The molecule has 1 amide bonds. The number of hydrogen-bond donors (Lipinski definition) is 1. The van der Waals surface area contributed by atoms with Crippen LogP contribution in [0.1, 0.15) is 24.2 Å². The highest BCUT2D eigenvalue weighted by atomic mass is 19.3. The minimum Gasteiger partial charge on any atom is -0.435 e. The molecule has 0 bridgehead atoms. The molecule has 118 valence electrons. The zero-order valence-electron chi connectivity index (χ0n) is 12.8. The molecule has 0 aliphatic heterocycles. The Labute approximate surface area is 124 Å². The van der Waals surface area contributed by atoms with Gasteiger partial charge in [-0.1, -0.05) is 13.8 Å². The number of benzene rings is 1. The maximum absolute atomic E-state index is 12.0. The Bertz CT molecular complexity index is 459. The highest BCUT2D eigenvalue weighted by Gasteiger charge is 2.20. The fourth-order valence-corrected chi connectivity index (χ4v) is 2.12. The van der Waals surface area contributed by atoms with E-state index in [2.05, 4.69) is 28.8 Å². The third-order valence-corrected chi connectivity index (χ3v) is 2.81. The first kappa shape index (κ1) is 17.4. The molecule has 0 fully saturated rings. The second kappa shape index (κ2) is 7.36. The van der Waals surface area contributed by atoms with Crippen LogP contribution in [-0.4, -0.2) is 44.6 Å². The summed E-state index contributed by atoms with van der Waals surface area (Å²) in [7, 11) is 3.95. The average molecular weight is 300 g/mol. The molecule has 21 heavy (non-hydrogen) atoms. The number of alkyl halides is 2. The highest BCUT2D eigenvalue weighted by molar-refractivity contribution is 5.94. The van der Waals surface area contributed by atoms with Crippen molar-refractivity contribution >= 4 is 5.91 Å². The maximum Gasteiger partial charge on any atom is 0.387 e. The minimum absolute atomic E-state index is 0.0366. The molecule has 1 rings (SSSR count). The smallest absolute Gasteiger partial charge is 0.387 e. The van der Waals surface area contributed by atoms with Gasteiger partial charge in [0, 0.05) is 18.7 Å². The number of carbonyl (C=O) groups excluding carboxylic acids is 1. The molecule has 0 spiro atoms. The van der Waals surface area contributed by atoms with E-state index < -0.39 is 6.61 Å². The van der Waals surface area contributed by atoms with Crippen molar-refractivity contribution in [1.82, 2.24) is 10.2 Å². The summed E-state index contributed by atoms with van der Waals surface area (Å²) < 4.78 is 28.3. The number of amides is 1. The molecule has 4 nitrogen and oxygen atoms in total. The molecule has 0 unspecified atom stereocenters. The third-order valence-electron chi connectivity index (χ3n) is 2.81. The van der Waals surface area contributed by atoms with Crippen LogP contribution in [0.25, 0.3) is 0 Å². The number of halogens is 2. The van der Waals surface area contributed by atoms with E-state index in [0.29, 0.717) is 12.1 Å². The first-order chi connectivity index (χ1) is 9.69. The summed E-state index contributed by atoms with van der Waals surface area (Å²) in [5.74, 6) is -0.195. The molecule has 0 atom stereocenters. The second-order valence-corrected chi connectivity index (χ2v) is 5.99. The van der Waals surface area contributed by atoms with Crippen LogP contribution in [0.4, 0.5) is 8.78 Å². The van der Waals surface area contributed by atoms with Gasteiger partial charge in [0.2, 0.25) is 0 Å². The summed E-state index contributed by atoms with van der Waals surface area (Å²) in [6.45, 7) is 2.63. The van der Waals surface area contributed by atoms with Crippen LogP contribution in [0.2, 0.25) is 0 Å².